The van der Waals surface area contributed by atoms with E-state index >= 15 is 0 Å². The van der Waals surface area contributed by atoms with Crippen LogP contribution in [-0.2, 0) is 9.53 Å². The van der Waals surface area contributed by atoms with Crippen molar-refractivity contribution in [1.29, 1.82) is 0 Å². The van der Waals surface area contributed by atoms with Crippen LogP contribution in [0.15, 0.2) is 24.3 Å². The van der Waals surface area contributed by atoms with Crippen molar-refractivity contribution in [2.24, 2.45) is 11.8 Å². The molecule has 0 N–H and O–H groups in total. The van der Waals surface area contributed by atoms with E-state index in [2.05, 4.69) is 0 Å². The summed E-state index contributed by atoms with van der Waals surface area (Å²) in [5.74, 6) is 0.287. The number of esters is 1. The number of ether oxygens (including phenoxy) is 6. The lowest BCUT2D eigenvalue weighted by Gasteiger charge is -2.33. The average molecular weight is 412 g/mol. The third kappa shape index (κ3) is 2.52. The van der Waals surface area contributed by atoms with Gasteiger partial charge < -0.3 is 28.4 Å². The van der Waals surface area contributed by atoms with Crippen molar-refractivity contribution in [2.75, 3.05) is 34.7 Å². The van der Waals surface area contributed by atoms with Crippen molar-refractivity contribution in [2.45, 2.75) is 5.92 Å². The quantitative estimate of drug-likeness (QED) is 0.708. The topological polar surface area (TPSA) is 89.5 Å². The van der Waals surface area contributed by atoms with Gasteiger partial charge in [-0.25, -0.2) is 0 Å². The van der Waals surface area contributed by atoms with E-state index in [9.17, 15) is 9.59 Å². The van der Waals surface area contributed by atoms with Gasteiger partial charge in [-0.1, -0.05) is 0 Å². The second-order valence-electron chi connectivity index (χ2n) is 7.36. The summed E-state index contributed by atoms with van der Waals surface area (Å²) < 4.78 is 32.7. The van der Waals surface area contributed by atoms with Crippen molar-refractivity contribution in [3.05, 3.63) is 41.0 Å². The summed E-state index contributed by atoms with van der Waals surface area (Å²) >= 11 is 0. The minimum Gasteiger partial charge on any atom is -0.493 e. The molecule has 5 rings (SSSR count). The number of hydrogen-bond acceptors (Lipinski definition) is 8. The third-order valence-electron chi connectivity index (χ3n) is 6.00. The molecular weight excluding hydrogens is 392 g/mol. The van der Waals surface area contributed by atoms with Gasteiger partial charge in [0.05, 0.1) is 33.2 Å². The molecule has 2 heterocycles. The van der Waals surface area contributed by atoms with E-state index < -0.39 is 23.7 Å². The number of cyclic esters (lactones) is 1. The molecule has 1 aliphatic carbocycles. The van der Waals surface area contributed by atoms with E-state index in [1.165, 1.54) is 21.3 Å². The van der Waals surface area contributed by atoms with Crippen LogP contribution in [0.2, 0.25) is 0 Å². The van der Waals surface area contributed by atoms with E-state index in [0.29, 0.717) is 39.9 Å². The van der Waals surface area contributed by atoms with Crippen molar-refractivity contribution in [3.8, 4) is 28.7 Å². The van der Waals surface area contributed by atoms with Crippen LogP contribution < -0.4 is 23.7 Å². The van der Waals surface area contributed by atoms with Crippen LogP contribution in [0, 0.1) is 11.8 Å². The molecule has 1 fully saturated rings. The van der Waals surface area contributed by atoms with Crippen LogP contribution >= 0.6 is 0 Å². The number of methoxy groups -OCH3 is 3. The minimum absolute atomic E-state index is 0.0666. The molecule has 156 valence electrons. The Labute approximate surface area is 172 Å². The first-order valence-electron chi connectivity index (χ1n) is 9.51. The Hall–Kier alpha value is -3.42. The van der Waals surface area contributed by atoms with Gasteiger partial charge >= 0.3 is 5.97 Å². The van der Waals surface area contributed by atoms with Crippen LogP contribution in [0.5, 0.6) is 28.7 Å². The molecule has 3 atom stereocenters. The molecule has 8 heteroatoms. The molecule has 0 spiro atoms. The number of carbonyl (C=O) groups is 2. The van der Waals surface area contributed by atoms with Crippen LogP contribution in [0.25, 0.3) is 0 Å². The number of Topliss-reactive ketones (excluding diaryl/α,β-unsaturated/α-hetero) is 1. The molecule has 0 aromatic heterocycles. The first-order chi connectivity index (χ1) is 14.6. The van der Waals surface area contributed by atoms with Crippen molar-refractivity contribution in [3.63, 3.8) is 0 Å². The van der Waals surface area contributed by atoms with Gasteiger partial charge in [0.25, 0.3) is 0 Å². The van der Waals surface area contributed by atoms with Gasteiger partial charge in [0.1, 0.15) is 6.61 Å². The summed E-state index contributed by atoms with van der Waals surface area (Å²) in [5.41, 5.74) is 1.96. The fourth-order valence-electron chi connectivity index (χ4n) is 4.63. The predicted octanol–water partition coefficient (Wildman–Crippen LogP) is 2.56. The lowest BCUT2D eigenvalue weighted by Crippen LogP contribution is -2.36. The van der Waals surface area contributed by atoms with Crippen LogP contribution in [0.4, 0.5) is 0 Å². The van der Waals surface area contributed by atoms with Gasteiger partial charge in [-0.15, -0.1) is 0 Å². The number of fused-ring (bicyclic) bond motifs is 3. The fraction of sp³-hybridized carbons (Fsp3) is 0.364. The summed E-state index contributed by atoms with van der Waals surface area (Å²) in [5, 5.41) is 0. The first-order valence-corrected chi connectivity index (χ1v) is 9.51. The third-order valence-corrected chi connectivity index (χ3v) is 6.00. The van der Waals surface area contributed by atoms with Gasteiger partial charge in [0.2, 0.25) is 12.5 Å². The SMILES string of the molecule is COc1cc(C2c3cc4c(cc3C(=O)[C@H]3COC(=O)C23)OCO4)cc(OC)c1OC. The molecule has 8 nitrogen and oxygen atoms in total. The Kier molecular flexibility index (Phi) is 4.23. The number of carbonyl (C=O) groups excluding carboxylic acids is 2. The van der Waals surface area contributed by atoms with E-state index in [4.69, 9.17) is 28.4 Å². The second-order valence-corrected chi connectivity index (χ2v) is 7.36. The largest absolute Gasteiger partial charge is 0.493 e. The van der Waals surface area contributed by atoms with Gasteiger partial charge in [-0.05, 0) is 35.4 Å². The minimum atomic E-state index is -0.645. The number of ketones is 1. The molecule has 30 heavy (non-hydrogen) atoms. The van der Waals surface area contributed by atoms with E-state index in [0.717, 1.165) is 5.56 Å². The van der Waals surface area contributed by atoms with Gasteiger partial charge in [-0.3, -0.25) is 9.59 Å². The Bertz CT molecular complexity index is 1030. The monoisotopic (exact) mass is 412 g/mol. The molecule has 0 amide bonds. The van der Waals surface area contributed by atoms with Gasteiger partial charge in [0.15, 0.2) is 28.8 Å². The summed E-state index contributed by atoms with van der Waals surface area (Å²) in [4.78, 5) is 25.9. The smallest absolute Gasteiger partial charge is 0.310 e. The Morgan fingerprint density at radius 3 is 2.17 bits per heavy atom. The fourth-order valence-corrected chi connectivity index (χ4v) is 4.63. The molecule has 0 bridgehead atoms. The zero-order chi connectivity index (χ0) is 21.0. The van der Waals surface area contributed by atoms with E-state index in [1.807, 2.05) is 0 Å². The van der Waals surface area contributed by atoms with Gasteiger partial charge in [-0.2, -0.15) is 0 Å². The van der Waals surface area contributed by atoms with Crippen LogP contribution in [0.3, 0.4) is 0 Å². The molecular formula is C22H20O8. The molecule has 2 aromatic carbocycles. The van der Waals surface area contributed by atoms with Crippen molar-refractivity contribution in [1.82, 2.24) is 0 Å². The summed E-state index contributed by atoms with van der Waals surface area (Å²) in [6, 6.07) is 7.09. The molecule has 2 aromatic rings. The predicted molar refractivity (Wildman–Crippen MR) is 103 cm³/mol. The molecule has 0 saturated carbocycles. The zero-order valence-corrected chi connectivity index (χ0v) is 16.7. The standard InChI is InChI=1S/C22H20O8/c1-25-16-4-10(5-17(26-2)21(16)27-3)18-11-6-14-15(30-9-29-14)7-12(11)20(23)13-8-28-22(24)19(13)18/h4-7,13,18-19H,8-9H2,1-3H3/t13-,18?,19?/m0/s1. The van der Waals surface area contributed by atoms with E-state index in [-0.39, 0.29) is 19.2 Å². The molecule has 2 unspecified atom stereocenters. The highest BCUT2D eigenvalue weighted by atomic mass is 16.7. The number of benzene rings is 2. The van der Waals surface area contributed by atoms with Crippen LogP contribution in [-0.4, -0.2) is 46.5 Å². The second kappa shape index (κ2) is 6.83. The molecule has 2 aliphatic heterocycles. The Morgan fingerprint density at radius 1 is 0.867 bits per heavy atom. The summed E-state index contributed by atoms with van der Waals surface area (Å²) in [6.07, 6.45) is 0. The maximum Gasteiger partial charge on any atom is 0.310 e. The normalized spacial score (nSPS) is 23.5. The lowest BCUT2D eigenvalue weighted by molar-refractivity contribution is -0.141. The van der Waals surface area contributed by atoms with Crippen LogP contribution in [0.1, 0.15) is 27.4 Å². The summed E-state index contributed by atoms with van der Waals surface area (Å²) in [7, 11) is 4.59. The number of hydrogen-bond donors (Lipinski definition) is 0. The highest BCUT2D eigenvalue weighted by Crippen LogP contribution is 2.52. The highest BCUT2D eigenvalue weighted by Gasteiger charge is 2.52. The molecule has 3 aliphatic rings. The van der Waals surface area contributed by atoms with Gasteiger partial charge in [0, 0.05) is 11.5 Å². The maximum absolute atomic E-state index is 13.2. The maximum atomic E-state index is 13.2. The molecule has 0 radical (unpaired) electrons. The van der Waals surface area contributed by atoms with Crippen molar-refractivity contribution < 1.29 is 38.0 Å². The Balaban J connectivity index is 1.75. The zero-order valence-electron chi connectivity index (χ0n) is 16.7. The number of rotatable bonds is 4. The summed E-state index contributed by atoms with van der Waals surface area (Å²) in [6.45, 7) is 0.160. The Morgan fingerprint density at radius 2 is 1.53 bits per heavy atom. The highest BCUT2D eigenvalue weighted by molar-refractivity contribution is 6.05. The lowest BCUT2D eigenvalue weighted by atomic mass is 9.67. The average Bonchev–Trinajstić information content (AvgIpc) is 3.38. The first kappa shape index (κ1) is 18.6. The van der Waals surface area contributed by atoms with Crippen molar-refractivity contribution >= 4 is 11.8 Å². The van der Waals surface area contributed by atoms with E-state index in [1.54, 1.807) is 24.3 Å². The molecule has 1 saturated heterocycles.